The molecule has 1 aliphatic carbocycles. The molecular formula is C13H13ClFNO3. The molecule has 6 heteroatoms. The maximum Gasteiger partial charge on any atom is 0.306 e. The van der Waals surface area contributed by atoms with Crippen LogP contribution in [-0.4, -0.2) is 23.0 Å². The molecule has 102 valence electrons. The molecular weight excluding hydrogens is 273 g/mol. The molecule has 0 spiro atoms. The highest BCUT2D eigenvalue weighted by atomic mass is 35.5. The topological polar surface area (TPSA) is 66.4 Å². The van der Waals surface area contributed by atoms with E-state index in [1.807, 2.05) is 0 Å². The van der Waals surface area contributed by atoms with Gasteiger partial charge in [0.25, 0.3) is 5.91 Å². The number of carbonyl (C=O) groups excluding carboxylic acids is 1. The number of rotatable bonds is 3. The lowest BCUT2D eigenvalue weighted by Crippen LogP contribution is -2.33. The molecule has 2 atom stereocenters. The van der Waals surface area contributed by atoms with E-state index in [2.05, 4.69) is 5.32 Å². The first-order valence-electron chi connectivity index (χ1n) is 5.96. The van der Waals surface area contributed by atoms with Gasteiger partial charge in [0.2, 0.25) is 0 Å². The Hall–Kier alpha value is -1.62. The second-order valence-electron chi connectivity index (χ2n) is 4.65. The lowest BCUT2D eigenvalue weighted by Gasteiger charge is -2.12. The van der Waals surface area contributed by atoms with Gasteiger partial charge in [-0.15, -0.1) is 0 Å². The standard InChI is InChI=1S/C13H13ClFNO3/c14-10-4-2-7(6-11(10)15)12(17)16-9-3-1-8(5-9)13(18)19/h2,4,6,8-9H,1,3,5H2,(H,16,17)(H,18,19)/t8-,9+/m1/s1. The number of amides is 1. The number of carboxylic acids is 1. The van der Waals surface area contributed by atoms with Crippen molar-refractivity contribution in [3.63, 3.8) is 0 Å². The third kappa shape index (κ3) is 3.23. The van der Waals surface area contributed by atoms with Crippen LogP contribution < -0.4 is 5.32 Å². The van der Waals surface area contributed by atoms with Crippen molar-refractivity contribution in [2.75, 3.05) is 0 Å². The number of benzene rings is 1. The van der Waals surface area contributed by atoms with E-state index in [1.165, 1.54) is 12.1 Å². The predicted octanol–water partition coefficient (Wildman–Crippen LogP) is 2.46. The Bertz CT molecular complexity index is 521. The molecule has 1 saturated carbocycles. The van der Waals surface area contributed by atoms with E-state index in [-0.39, 0.29) is 16.6 Å². The zero-order chi connectivity index (χ0) is 14.0. The van der Waals surface area contributed by atoms with Gasteiger partial charge >= 0.3 is 5.97 Å². The molecule has 0 radical (unpaired) electrons. The monoisotopic (exact) mass is 285 g/mol. The van der Waals surface area contributed by atoms with Crippen LogP contribution in [0.2, 0.25) is 5.02 Å². The van der Waals surface area contributed by atoms with Crippen molar-refractivity contribution in [2.45, 2.75) is 25.3 Å². The van der Waals surface area contributed by atoms with Crippen LogP contribution in [0.25, 0.3) is 0 Å². The molecule has 1 aliphatic rings. The van der Waals surface area contributed by atoms with Gasteiger partial charge in [-0.25, -0.2) is 4.39 Å². The highest BCUT2D eigenvalue weighted by molar-refractivity contribution is 6.30. The molecule has 0 heterocycles. The average Bonchev–Trinajstić information content (AvgIpc) is 2.81. The summed E-state index contributed by atoms with van der Waals surface area (Å²) in [6.07, 6.45) is 1.59. The number of carbonyl (C=O) groups is 2. The van der Waals surface area contributed by atoms with Crippen molar-refractivity contribution in [3.8, 4) is 0 Å². The Labute approximate surface area is 114 Å². The molecule has 0 unspecified atom stereocenters. The summed E-state index contributed by atoms with van der Waals surface area (Å²) in [5.41, 5.74) is 0.181. The van der Waals surface area contributed by atoms with Gasteiger partial charge in [-0.1, -0.05) is 11.6 Å². The number of hydrogen-bond acceptors (Lipinski definition) is 2. The fourth-order valence-corrected chi connectivity index (χ4v) is 2.36. The lowest BCUT2D eigenvalue weighted by molar-refractivity contribution is -0.141. The molecule has 0 saturated heterocycles. The van der Waals surface area contributed by atoms with E-state index in [9.17, 15) is 14.0 Å². The summed E-state index contributed by atoms with van der Waals surface area (Å²) in [6.45, 7) is 0. The maximum absolute atomic E-state index is 13.2. The van der Waals surface area contributed by atoms with Gasteiger partial charge in [0, 0.05) is 11.6 Å². The Morgan fingerprint density at radius 2 is 2.11 bits per heavy atom. The SMILES string of the molecule is O=C(N[C@H]1CC[C@@H](C(=O)O)C1)c1ccc(Cl)c(F)c1. The van der Waals surface area contributed by atoms with Crippen LogP contribution in [0.3, 0.4) is 0 Å². The van der Waals surface area contributed by atoms with Gasteiger partial charge in [0.05, 0.1) is 10.9 Å². The predicted molar refractivity (Wildman–Crippen MR) is 67.6 cm³/mol. The van der Waals surface area contributed by atoms with Gasteiger partial charge in [0.1, 0.15) is 5.82 Å². The highest BCUT2D eigenvalue weighted by Crippen LogP contribution is 2.26. The fraction of sp³-hybridized carbons (Fsp3) is 0.385. The fourth-order valence-electron chi connectivity index (χ4n) is 2.24. The van der Waals surface area contributed by atoms with Gasteiger partial charge in [-0.2, -0.15) is 0 Å². The molecule has 19 heavy (non-hydrogen) atoms. The molecule has 2 rings (SSSR count). The van der Waals surface area contributed by atoms with Crippen molar-refractivity contribution in [2.24, 2.45) is 5.92 Å². The molecule has 0 aliphatic heterocycles. The lowest BCUT2D eigenvalue weighted by atomic mass is 10.1. The van der Waals surface area contributed by atoms with Crippen molar-refractivity contribution in [1.82, 2.24) is 5.32 Å². The number of nitrogens with one attached hydrogen (secondary N) is 1. The van der Waals surface area contributed by atoms with Crippen LogP contribution in [0, 0.1) is 11.7 Å². The summed E-state index contributed by atoms with van der Waals surface area (Å²) in [4.78, 5) is 22.7. The van der Waals surface area contributed by atoms with E-state index >= 15 is 0 Å². The van der Waals surface area contributed by atoms with Gasteiger partial charge in [-0.3, -0.25) is 9.59 Å². The number of carboxylic acid groups (broad SMARTS) is 1. The van der Waals surface area contributed by atoms with E-state index in [4.69, 9.17) is 16.7 Å². The molecule has 1 amide bonds. The van der Waals surface area contributed by atoms with Crippen molar-refractivity contribution in [3.05, 3.63) is 34.6 Å². The highest BCUT2D eigenvalue weighted by Gasteiger charge is 2.30. The summed E-state index contributed by atoms with van der Waals surface area (Å²) < 4.78 is 13.2. The summed E-state index contributed by atoms with van der Waals surface area (Å²) in [5, 5.41) is 11.5. The van der Waals surface area contributed by atoms with E-state index in [0.717, 1.165) is 6.07 Å². The second kappa shape index (κ2) is 5.57. The Kier molecular flexibility index (Phi) is 4.04. The van der Waals surface area contributed by atoms with Gasteiger partial charge in [-0.05, 0) is 37.5 Å². The molecule has 0 aromatic heterocycles. The number of halogens is 2. The van der Waals surface area contributed by atoms with Crippen LogP contribution >= 0.6 is 11.6 Å². The molecule has 1 fully saturated rings. The number of aliphatic carboxylic acids is 1. The van der Waals surface area contributed by atoms with Gasteiger partial charge < -0.3 is 10.4 Å². The summed E-state index contributed by atoms with van der Waals surface area (Å²) in [5.74, 6) is -2.31. The van der Waals surface area contributed by atoms with Crippen molar-refractivity contribution < 1.29 is 19.1 Å². The van der Waals surface area contributed by atoms with Crippen molar-refractivity contribution >= 4 is 23.5 Å². The zero-order valence-electron chi connectivity index (χ0n) is 10.0. The first-order chi connectivity index (χ1) is 8.97. The third-order valence-electron chi connectivity index (χ3n) is 3.30. The molecule has 1 aromatic carbocycles. The minimum absolute atomic E-state index is 0.0386. The third-order valence-corrected chi connectivity index (χ3v) is 3.61. The zero-order valence-corrected chi connectivity index (χ0v) is 10.8. The normalized spacial score (nSPS) is 22.2. The van der Waals surface area contributed by atoms with Crippen molar-refractivity contribution in [1.29, 1.82) is 0 Å². The van der Waals surface area contributed by atoms with E-state index in [0.29, 0.717) is 19.3 Å². The summed E-state index contributed by atoms with van der Waals surface area (Å²) >= 11 is 5.54. The molecule has 1 aromatic rings. The summed E-state index contributed by atoms with van der Waals surface area (Å²) in [6, 6.07) is 3.65. The van der Waals surface area contributed by atoms with Crippen LogP contribution in [-0.2, 0) is 4.79 Å². The minimum atomic E-state index is -0.839. The first-order valence-corrected chi connectivity index (χ1v) is 6.34. The molecule has 2 N–H and O–H groups in total. The second-order valence-corrected chi connectivity index (χ2v) is 5.05. The minimum Gasteiger partial charge on any atom is -0.481 e. The quantitative estimate of drug-likeness (QED) is 0.896. The van der Waals surface area contributed by atoms with Crippen LogP contribution in [0.4, 0.5) is 4.39 Å². The Morgan fingerprint density at radius 1 is 1.37 bits per heavy atom. The van der Waals surface area contributed by atoms with E-state index in [1.54, 1.807) is 0 Å². The Morgan fingerprint density at radius 3 is 2.68 bits per heavy atom. The summed E-state index contributed by atoms with van der Waals surface area (Å²) in [7, 11) is 0. The van der Waals surface area contributed by atoms with Crippen LogP contribution in [0.1, 0.15) is 29.6 Å². The van der Waals surface area contributed by atoms with Crippen LogP contribution in [0.15, 0.2) is 18.2 Å². The van der Waals surface area contributed by atoms with Crippen LogP contribution in [0.5, 0.6) is 0 Å². The smallest absolute Gasteiger partial charge is 0.306 e. The average molecular weight is 286 g/mol. The largest absolute Gasteiger partial charge is 0.481 e. The maximum atomic E-state index is 13.2. The molecule has 4 nitrogen and oxygen atoms in total. The molecule has 0 bridgehead atoms. The number of hydrogen-bond donors (Lipinski definition) is 2. The Balaban J connectivity index is 1.98. The van der Waals surface area contributed by atoms with Gasteiger partial charge in [0.15, 0.2) is 0 Å². The first kappa shape index (κ1) is 13.8. The van der Waals surface area contributed by atoms with E-state index < -0.39 is 23.6 Å².